The van der Waals surface area contributed by atoms with Crippen molar-refractivity contribution in [1.29, 1.82) is 0 Å². The molecule has 0 aromatic heterocycles. The van der Waals surface area contributed by atoms with Crippen LogP contribution in [0.25, 0.3) is 0 Å². The average molecular weight is 358 g/mol. The summed E-state index contributed by atoms with van der Waals surface area (Å²) in [6, 6.07) is 5.22. The molecule has 1 aromatic carbocycles. The summed E-state index contributed by atoms with van der Waals surface area (Å²) in [6.07, 6.45) is 0.554. The second kappa shape index (κ2) is 8.73. The van der Waals surface area contributed by atoms with Crippen LogP contribution in [0.5, 0.6) is 5.75 Å². The topological polar surface area (TPSA) is 67.4 Å². The lowest BCUT2D eigenvalue weighted by molar-refractivity contribution is -0.274. The number of hydrogen-bond donors (Lipinski definition) is 2. The first-order valence-corrected chi connectivity index (χ1v) is 8.22. The molecule has 5 nitrogen and oxygen atoms in total. The number of hydrogen-bond acceptors (Lipinski definition) is 3. The molecular weight excluding hydrogens is 337 g/mol. The summed E-state index contributed by atoms with van der Waals surface area (Å²) >= 11 is 0. The van der Waals surface area contributed by atoms with Crippen molar-refractivity contribution in [3.8, 4) is 5.75 Å². The van der Waals surface area contributed by atoms with Gasteiger partial charge in [-0.05, 0) is 30.5 Å². The highest BCUT2D eigenvalue weighted by molar-refractivity contribution is 5.85. The van der Waals surface area contributed by atoms with Crippen molar-refractivity contribution < 1.29 is 27.5 Å². The van der Waals surface area contributed by atoms with Crippen molar-refractivity contribution in [1.82, 2.24) is 10.6 Å². The Kier molecular flexibility index (Phi) is 6.66. The Morgan fingerprint density at radius 3 is 2.28 bits per heavy atom. The fourth-order valence-electron chi connectivity index (χ4n) is 2.76. The second-order valence-electron chi connectivity index (χ2n) is 6.05. The molecule has 1 aliphatic rings. The number of rotatable bonds is 6. The third kappa shape index (κ3) is 7.45. The van der Waals surface area contributed by atoms with Gasteiger partial charge in [0.25, 0.3) is 0 Å². The maximum atomic E-state index is 12.1. The highest BCUT2D eigenvalue weighted by atomic mass is 19.4. The van der Waals surface area contributed by atoms with Gasteiger partial charge in [-0.15, -0.1) is 13.2 Å². The molecule has 25 heavy (non-hydrogen) atoms. The third-order valence-electron chi connectivity index (χ3n) is 3.94. The van der Waals surface area contributed by atoms with E-state index in [2.05, 4.69) is 15.4 Å². The number of carbonyl (C=O) groups excluding carboxylic acids is 2. The Morgan fingerprint density at radius 1 is 1.04 bits per heavy atom. The van der Waals surface area contributed by atoms with E-state index < -0.39 is 6.36 Å². The SMILES string of the molecule is O=C(Cc1ccc(OC(F)(F)F)cc1)NCC(=O)NC1CCCCC1. The zero-order valence-corrected chi connectivity index (χ0v) is 13.7. The van der Waals surface area contributed by atoms with Gasteiger partial charge in [-0.2, -0.15) is 0 Å². The van der Waals surface area contributed by atoms with Crippen LogP contribution in [0.1, 0.15) is 37.7 Å². The standard InChI is InChI=1S/C17H21F3N2O3/c18-17(19,20)25-14-8-6-12(7-9-14)10-15(23)21-11-16(24)22-13-4-2-1-3-5-13/h6-9,13H,1-5,10-11H2,(H,21,23)(H,22,24). The molecule has 138 valence electrons. The summed E-state index contributed by atoms with van der Waals surface area (Å²) in [5.74, 6) is -0.944. The maximum absolute atomic E-state index is 12.1. The lowest BCUT2D eigenvalue weighted by Gasteiger charge is -2.22. The lowest BCUT2D eigenvalue weighted by Crippen LogP contribution is -2.43. The monoisotopic (exact) mass is 358 g/mol. The largest absolute Gasteiger partial charge is 0.573 e. The summed E-state index contributed by atoms with van der Waals surface area (Å²) in [5.41, 5.74) is 0.528. The maximum Gasteiger partial charge on any atom is 0.573 e. The molecule has 1 aliphatic carbocycles. The molecule has 0 bridgehead atoms. The molecule has 0 aliphatic heterocycles. The first kappa shape index (κ1) is 19.1. The fraction of sp³-hybridized carbons (Fsp3) is 0.529. The number of carbonyl (C=O) groups is 2. The van der Waals surface area contributed by atoms with Crippen molar-refractivity contribution in [3.05, 3.63) is 29.8 Å². The molecule has 0 radical (unpaired) electrons. The lowest BCUT2D eigenvalue weighted by atomic mass is 9.95. The highest BCUT2D eigenvalue weighted by Crippen LogP contribution is 2.22. The Bertz CT molecular complexity index is 582. The third-order valence-corrected chi connectivity index (χ3v) is 3.94. The summed E-state index contributed by atoms with van der Waals surface area (Å²) in [6.45, 7) is -0.107. The predicted molar refractivity (Wildman–Crippen MR) is 84.9 cm³/mol. The van der Waals surface area contributed by atoms with Crippen molar-refractivity contribution in [2.24, 2.45) is 0 Å². The minimum absolute atomic E-state index is 0.0248. The Labute approximate surface area is 143 Å². The zero-order chi connectivity index (χ0) is 18.3. The second-order valence-corrected chi connectivity index (χ2v) is 6.05. The van der Waals surface area contributed by atoms with Gasteiger partial charge in [0.15, 0.2) is 0 Å². The van der Waals surface area contributed by atoms with E-state index in [0.717, 1.165) is 37.8 Å². The number of amides is 2. The van der Waals surface area contributed by atoms with E-state index in [1.54, 1.807) is 0 Å². The summed E-state index contributed by atoms with van der Waals surface area (Å²) in [5, 5.41) is 5.40. The van der Waals surface area contributed by atoms with Gasteiger partial charge >= 0.3 is 6.36 Å². The normalized spacial score (nSPS) is 15.5. The van der Waals surface area contributed by atoms with Crippen LogP contribution < -0.4 is 15.4 Å². The quantitative estimate of drug-likeness (QED) is 0.822. The molecule has 8 heteroatoms. The van der Waals surface area contributed by atoms with Crippen LogP contribution >= 0.6 is 0 Å². The smallest absolute Gasteiger partial charge is 0.406 e. The van der Waals surface area contributed by atoms with Crippen LogP contribution in [0.4, 0.5) is 13.2 Å². The van der Waals surface area contributed by atoms with Crippen molar-refractivity contribution in [3.63, 3.8) is 0 Å². The molecule has 2 rings (SSSR count). The molecule has 2 amide bonds. The zero-order valence-electron chi connectivity index (χ0n) is 13.7. The van der Waals surface area contributed by atoms with Gasteiger partial charge < -0.3 is 15.4 Å². The molecule has 1 saturated carbocycles. The number of nitrogens with one attached hydrogen (secondary N) is 2. The van der Waals surface area contributed by atoms with Gasteiger partial charge in [-0.3, -0.25) is 9.59 Å². The van der Waals surface area contributed by atoms with E-state index in [4.69, 9.17) is 0 Å². The molecule has 0 spiro atoms. The van der Waals surface area contributed by atoms with Crippen molar-refractivity contribution >= 4 is 11.8 Å². The first-order valence-electron chi connectivity index (χ1n) is 8.22. The Morgan fingerprint density at radius 2 is 1.68 bits per heavy atom. The molecular formula is C17H21F3N2O3. The average Bonchev–Trinajstić information content (AvgIpc) is 2.54. The summed E-state index contributed by atoms with van der Waals surface area (Å²) < 4.78 is 40.0. The van der Waals surface area contributed by atoms with E-state index in [-0.39, 0.29) is 36.6 Å². The molecule has 2 N–H and O–H groups in total. The minimum Gasteiger partial charge on any atom is -0.406 e. The highest BCUT2D eigenvalue weighted by Gasteiger charge is 2.30. The van der Waals surface area contributed by atoms with Gasteiger partial charge in [-0.1, -0.05) is 31.4 Å². The van der Waals surface area contributed by atoms with Crippen LogP contribution in [0.2, 0.25) is 0 Å². The van der Waals surface area contributed by atoms with E-state index in [1.165, 1.54) is 18.6 Å². The molecule has 0 atom stereocenters. The van der Waals surface area contributed by atoms with Gasteiger partial charge in [0.05, 0.1) is 13.0 Å². The molecule has 1 fully saturated rings. The van der Waals surface area contributed by atoms with Gasteiger partial charge in [0.1, 0.15) is 5.75 Å². The first-order chi connectivity index (χ1) is 11.8. The molecule has 0 unspecified atom stereocenters. The van der Waals surface area contributed by atoms with Gasteiger partial charge in [0, 0.05) is 6.04 Å². The number of halogens is 3. The van der Waals surface area contributed by atoms with Gasteiger partial charge in [-0.25, -0.2) is 0 Å². The number of alkyl halides is 3. The summed E-state index contributed by atoms with van der Waals surface area (Å²) in [7, 11) is 0. The Hall–Kier alpha value is -2.25. The predicted octanol–water partition coefficient (Wildman–Crippen LogP) is 2.69. The molecule has 1 aromatic rings. The molecule has 0 saturated heterocycles. The van der Waals surface area contributed by atoms with E-state index >= 15 is 0 Å². The van der Waals surface area contributed by atoms with Crippen LogP contribution in [-0.4, -0.2) is 30.8 Å². The number of benzene rings is 1. The van der Waals surface area contributed by atoms with Gasteiger partial charge in [0.2, 0.25) is 11.8 Å². The van der Waals surface area contributed by atoms with Crippen LogP contribution in [-0.2, 0) is 16.0 Å². The minimum atomic E-state index is -4.75. The van der Waals surface area contributed by atoms with Crippen molar-refractivity contribution in [2.75, 3.05) is 6.54 Å². The fourth-order valence-corrected chi connectivity index (χ4v) is 2.76. The van der Waals surface area contributed by atoms with E-state index in [9.17, 15) is 22.8 Å². The van der Waals surface area contributed by atoms with Crippen molar-refractivity contribution in [2.45, 2.75) is 50.9 Å². The molecule has 0 heterocycles. The van der Waals surface area contributed by atoms with Crippen LogP contribution in [0, 0.1) is 0 Å². The van der Waals surface area contributed by atoms with Crippen LogP contribution in [0.15, 0.2) is 24.3 Å². The van der Waals surface area contributed by atoms with E-state index in [1.807, 2.05) is 0 Å². The van der Waals surface area contributed by atoms with E-state index in [0.29, 0.717) is 5.56 Å². The Balaban J connectivity index is 1.71. The summed E-state index contributed by atoms with van der Waals surface area (Å²) in [4.78, 5) is 23.6. The van der Waals surface area contributed by atoms with Crippen LogP contribution in [0.3, 0.4) is 0 Å². The number of ether oxygens (including phenoxy) is 1.